The van der Waals surface area contributed by atoms with Gasteiger partial charge in [0.2, 0.25) is 0 Å². The van der Waals surface area contributed by atoms with Gasteiger partial charge < -0.3 is 10.5 Å². The Morgan fingerprint density at radius 3 is 2.46 bits per heavy atom. The SMILES string of the molecule is CC(C)C(N)CC1CCC(C)(C)O1. The first kappa shape index (κ1) is 11.0. The molecule has 0 saturated carbocycles. The van der Waals surface area contributed by atoms with E-state index in [1.165, 1.54) is 12.8 Å². The van der Waals surface area contributed by atoms with Crippen LogP contribution >= 0.6 is 0 Å². The van der Waals surface area contributed by atoms with Crippen LogP contribution in [0.2, 0.25) is 0 Å². The standard InChI is InChI=1S/C11H23NO/c1-8(2)10(12)7-9-5-6-11(3,4)13-9/h8-10H,5-7,12H2,1-4H3. The van der Waals surface area contributed by atoms with Gasteiger partial charge in [0, 0.05) is 6.04 Å². The summed E-state index contributed by atoms with van der Waals surface area (Å²) in [4.78, 5) is 0. The van der Waals surface area contributed by atoms with Gasteiger partial charge in [0.15, 0.2) is 0 Å². The van der Waals surface area contributed by atoms with Crippen LogP contribution in [0.25, 0.3) is 0 Å². The van der Waals surface area contributed by atoms with E-state index < -0.39 is 0 Å². The minimum absolute atomic E-state index is 0.0847. The summed E-state index contributed by atoms with van der Waals surface area (Å²) in [5.41, 5.74) is 6.09. The van der Waals surface area contributed by atoms with E-state index in [1.807, 2.05) is 0 Å². The third-order valence-corrected chi connectivity index (χ3v) is 2.95. The van der Waals surface area contributed by atoms with Crippen molar-refractivity contribution < 1.29 is 4.74 Å². The van der Waals surface area contributed by atoms with Crippen molar-refractivity contribution in [2.75, 3.05) is 0 Å². The lowest BCUT2D eigenvalue weighted by Crippen LogP contribution is -2.32. The van der Waals surface area contributed by atoms with Crippen LogP contribution in [0.15, 0.2) is 0 Å². The van der Waals surface area contributed by atoms with Gasteiger partial charge in [0.25, 0.3) is 0 Å². The van der Waals surface area contributed by atoms with E-state index in [0.29, 0.717) is 18.1 Å². The summed E-state index contributed by atoms with van der Waals surface area (Å²) in [5, 5.41) is 0. The number of hydrogen-bond donors (Lipinski definition) is 1. The van der Waals surface area contributed by atoms with Crippen molar-refractivity contribution in [1.82, 2.24) is 0 Å². The van der Waals surface area contributed by atoms with Crippen LogP contribution in [-0.4, -0.2) is 17.7 Å². The third kappa shape index (κ3) is 3.28. The van der Waals surface area contributed by atoms with Crippen molar-refractivity contribution in [2.45, 2.75) is 64.7 Å². The summed E-state index contributed by atoms with van der Waals surface area (Å²) >= 11 is 0. The molecule has 2 atom stereocenters. The second kappa shape index (κ2) is 3.97. The second-order valence-electron chi connectivity index (χ2n) is 5.18. The highest BCUT2D eigenvalue weighted by Crippen LogP contribution is 2.31. The third-order valence-electron chi connectivity index (χ3n) is 2.95. The second-order valence-corrected chi connectivity index (χ2v) is 5.18. The highest BCUT2D eigenvalue weighted by atomic mass is 16.5. The van der Waals surface area contributed by atoms with E-state index in [1.54, 1.807) is 0 Å². The van der Waals surface area contributed by atoms with Gasteiger partial charge in [-0.05, 0) is 39.0 Å². The van der Waals surface area contributed by atoms with E-state index in [9.17, 15) is 0 Å². The van der Waals surface area contributed by atoms with Gasteiger partial charge in [-0.3, -0.25) is 0 Å². The fraction of sp³-hybridized carbons (Fsp3) is 1.00. The molecule has 0 aliphatic carbocycles. The molecule has 1 aliphatic rings. The first-order chi connectivity index (χ1) is 5.91. The molecule has 78 valence electrons. The van der Waals surface area contributed by atoms with Crippen LogP contribution in [-0.2, 0) is 4.74 Å². The summed E-state index contributed by atoms with van der Waals surface area (Å²) in [6, 6.07) is 0.291. The van der Waals surface area contributed by atoms with Crippen molar-refractivity contribution in [2.24, 2.45) is 11.7 Å². The molecule has 0 bridgehead atoms. The molecule has 2 nitrogen and oxygen atoms in total. The fourth-order valence-corrected chi connectivity index (χ4v) is 1.82. The largest absolute Gasteiger partial charge is 0.372 e. The van der Waals surface area contributed by atoms with E-state index in [2.05, 4.69) is 27.7 Å². The first-order valence-corrected chi connectivity index (χ1v) is 5.34. The summed E-state index contributed by atoms with van der Waals surface area (Å²) in [6.07, 6.45) is 3.75. The average molecular weight is 185 g/mol. The van der Waals surface area contributed by atoms with Crippen molar-refractivity contribution in [1.29, 1.82) is 0 Å². The van der Waals surface area contributed by atoms with Gasteiger partial charge in [-0.1, -0.05) is 13.8 Å². The molecule has 2 heteroatoms. The topological polar surface area (TPSA) is 35.2 Å². The number of nitrogens with two attached hydrogens (primary N) is 1. The zero-order valence-corrected chi connectivity index (χ0v) is 9.34. The van der Waals surface area contributed by atoms with Crippen LogP contribution in [0.3, 0.4) is 0 Å². The minimum atomic E-state index is 0.0847. The quantitative estimate of drug-likeness (QED) is 0.732. The molecule has 2 N–H and O–H groups in total. The molecule has 1 heterocycles. The molecule has 2 unspecified atom stereocenters. The Balaban J connectivity index is 2.32. The summed E-state index contributed by atoms with van der Waals surface area (Å²) < 4.78 is 5.89. The van der Waals surface area contributed by atoms with Crippen molar-refractivity contribution in [3.63, 3.8) is 0 Å². The van der Waals surface area contributed by atoms with Crippen LogP contribution in [0.1, 0.15) is 47.0 Å². The molecule has 1 fully saturated rings. The molecule has 0 aromatic carbocycles. The molecule has 0 aromatic rings. The van der Waals surface area contributed by atoms with Gasteiger partial charge in [0.05, 0.1) is 11.7 Å². The zero-order chi connectivity index (χ0) is 10.1. The van der Waals surface area contributed by atoms with E-state index in [0.717, 1.165) is 6.42 Å². The van der Waals surface area contributed by atoms with E-state index >= 15 is 0 Å². The fourth-order valence-electron chi connectivity index (χ4n) is 1.82. The van der Waals surface area contributed by atoms with Gasteiger partial charge in [0.1, 0.15) is 0 Å². The predicted octanol–water partition coefficient (Wildman–Crippen LogP) is 2.32. The smallest absolute Gasteiger partial charge is 0.0631 e. The van der Waals surface area contributed by atoms with Gasteiger partial charge >= 0.3 is 0 Å². The molecular weight excluding hydrogens is 162 g/mol. The summed E-state index contributed by atoms with van der Waals surface area (Å²) in [5.74, 6) is 0.562. The Hall–Kier alpha value is -0.0800. The number of rotatable bonds is 3. The molecule has 0 spiro atoms. The van der Waals surface area contributed by atoms with Crippen LogP contribution in [0.5, 0.6) is 0 Å². The lowest BCUT2D eigenvalue weighted by molar-refractivity contribution is -0.0221. The average Bonchev–Trinajstić information content (AvgIpc) is 2.30. The Kier molecular flexibility index (Phi) is 3.36. The molecule has 0 aromatic heterocycles. The van der Waals surface area contributed by atoms with Crippen molar-refractivity contribution in [3.05, 3.63) is 0 Å². The summed E-state index contributed by atoms with van der Waals surface area (Å²) in [6.45, 7) is 8.66. The minimum Gasteiger partial charge on any atom is -0.372 e. The van der Waals surface area contributed by atoms with Gasteiger partial charge in [-0.25, -0.2) is 0 Å². The first-order valence-electron chi connectivity index (χ1n) is 5.34. The number of ether oxygens (including phenoxy) is 1. The van der Waals surface area contributed by atoms with Crippen molar-refractivity contribution in [3.8, 4) is 0 Å². The maximum absolute atomic E-state index is 6.00. The van der Waals surface area contributed by atoms with E-state index in [4.69, 9.17) is 10.5 Å². The molecule has 1 aliphatic heterocycles. The maximum Gasteiger partial charge on any atom is 0.0631 e. The van der Waals surface area contributed by atoms with Crippen molar-refractivity contribution >= 4 is 0 Å². The summed E-state index contributed by atoms with van der Waals surface area (Å²) in [7, 11) is 0. The lowest BCUT2D eigenvalue weighted by Gasteiger charge is -2.23. The Morgan fingerprint density at radius 1 is 1.46 bits per heavy atom. The highest BCUT2D eigenvalue weighted by Gasteiger charge is 2.32. The molecule has 1 rings (SSSR count). The van der Waals surface area contributed by atoms with E-state index in [-0.39, 0.29) is 5.60 Å². The molecule has 0 radical (unpaired) electrons. The monoisotopic (exact) mass is 185 g/mol. The molecule has 0 amide bonds. The Morgan fingerprint density at radius 2 is 2.08 bits per heavy atom. The maximum atomic E-state index is 6.00. The lowest BCUT2D eigenvalue weighted by atomic mass is 9.97. The molecule has 1 saturated heterocycles. The van der Waals surface area contributed by atoms with Crippen LogP contribution in [0, 0.1) is 5.92 Å². The molecular formula is C11H23NO. The normalized spacial score (nSPS) is 29.5. The van der Waals surface area contributed by atoms with Crippen LogP contribution in [0.4, 0.5) is 0 Å². The Bertz CT molecular complexity index is 165. The predicted molar refractivity (Wildman–Crippen MR) is 55.6 cm³/mol. The van der Waals surface area contributed by atoms with Crippen LogP contribution < -0.4 is 5.73 Å². The zero-order valence-electron chi connectivity index (χ0n) is 9.34. The van der Waals surface area contributed by atoms with Gasteiger partial charge in [-0.2, -0.15) is 0 Å². The van der Waals surface area contributed by atoms with Gasteiger partial charge in [-0.15, -0.1) is 0 Å². The molecule has 13 heavy (non-hydrogen) atoms. The number of hydrogen-bond acceptors (Lipinski definition) is 2. The Labute approximate surface area is 81.8 Å². The highest BCUT2D eigenvalue weighted by molar-refractivity contribution is 4.83.